The zero-order valence-corrected chi connectivity index (χ0v) is 11.6. The topological polar surface area (TPSA) is 20.2 Å². The van der Waals surface area contributed by atoms with Crippen molar-refractivity contribution in [3.05, 3.63) is 55.9 Å². The van der Waals surface area contributed by atoms with Crippen molar-refractivity contribution in [2.24, 2.45) is 0 Å². The van der Waals surface area contributed by atoms with Crippen LogP contribution in [0.2, 0.25) is 0 Å². The van der Waals surface area contributed by atoms with Crippen LogP contribution >= 0.6 is 27.3 Å². The first-order valence-electron chi connectivity index (χ1n) is 5.07. The molecule has 1 heterocycles. The molecule has 1 nitrogen and oxygen atoms in total. The molecule has 0 saturated carbocycles. The summed E-state index contributed by atoms with van der Waals surface area (Å²) in [7, 11) is 0. The second-order valence-electron chi connectivity index (χ2n) is 3.81. The van der Waals surface area contributed by atoms with Gasteiger partial charge in [-0.2, -0.15) is 13.2 Å². The molecule has 0 aliphatic heterocycles. The maximum absolute atomic E-state index is 13.4. The van der Waals surface area contributed by atoms with Crippen molar-refractivity contribution in [3.63, 3.8) is 0 Å². The van der Waals surface area contributed by atoms with E-state index in [1.807, 2.05) is 0 Å². The van der Waals surface area contributed by atoms with Crippen LogP contribution in [0.15, 0.2) is 34.1 Å². The average molecular weight is 355 g/mol. The molecule has 0 radical (unpaired) electrons. The Morgan fingerprint density at radius 2 is 1.89 bits per heavy atom. The maximum Gasteiger partial charge on any atom is 0.419 e. The highest BCUT2D eigenvalue weighted by atomic mass is 79.9. The third-order valence-electron chi connectivity index (χ3n) is 2.47. The molecule has 0 fully saturated rings. The van der Waals surface area contributed by atoms with E-state index in [4.69, 9.17) is 0 Å². The van der Waals surface area contributed by atoms with E-state index in [0.717, 1.165) is 10.5 Å². The van der Waals surface area contributed by atoms with E-state index in [1.165, 1.54) is 11.3 Å². The van der Waals surface area contributed by atoms with E-state index in [1.54, 1.807) is 11.4 Å². The minimum Gasteiger partial charge on any atom is -0.383 e. The van der Waals surface area contributed by atoms with Gasteiger partial charge < -0.3 is 5.11 Å². The van der Waals surface area contributed by atoms with Crippen molar-refractivity contribution in [1.29, 1.82) is 0 Å². The fourth-order valence-electron chi connectivity index (χ4n) is 1.57. The molecular weight excluding hydrogens is 348 g/mol. The fraction of sp³-hybridized carbons (Fsp3) is 0.167. The summed E-state index contributed by atoms with van der Waals surface area (Å²) in [5.41, 5.74) is -1.25. The second kappa shape index (κ2) is 5.22. The summed E-state index contributed by atoms with van der Waals surface area (Å²) < 4.78 is 51.3. The Balaban J connectivity index is 2.35. The Labute approximate surface area is 118 Å². The van der Waals surface area contributed by atoms with Gasteiger partial charge in [-0.05, 0) is 39.7 Å². The first-order chi connectivity index (χ1) is 8.79. The molecule has 1 N–H and O–H groups in total. The van der Waals surface area contributed by atoms with E-state index < -0.39 is 23.7 Å². The third kappa shape index (κ3) is 3.16. The van der Waals surface area contributed by atoms with Gasteiger partial charge in [-0.3, -0.25) is 0 Å². The first-order valence-corrected chi connectivity index (χ1v) is 6.75. The minimum atomic E-state index is -4.74. The zero-order valence-electron chi connectivity index (χ0n) is 9.21. The molecule has 1 atom stereocenters. The number of aliphatic hydroxyl groups excluding tert-OH is 1. The minimum absolute atomic E-state index is 0.0832. The van der Waals surface area contributed by atoms with Crippen LogP contribution in [0.1, 0.15) is 22.1 Å². The highest BCUT2D eigenvalue weighted by Gasteiger charge is 2.34. The molecule has 102 valence electrons. The molecule has 19 heavy (non-hydrogen) atoms. The third-order valence-corrected chi connectivity index (χ3v) is 4.22. The van der Waals surface area contributed by atoms with Gasteiger partial charge in [-0.15, -0.1) is 11.3 Å². The lowest BCUT2D eigenvalue weighted by atomic mass is 10.0. The number of hydrogen-bond acceptors (Lipinski definition) is 2. The first kappa shape index (κ1) is 14.5. The average Bonchev–Trinajstić information content (AvgIpc) is 2.73. The number of aliphatic hydroxyl groups is 1. The van der Waals surface area contributed by atoms with Crippen molar-refractivity contribution in [3.8, 4) is 0 Å². The van der Waals surface area contributed by atoms with Gasteiger partial charge in [-0.25, -0.2) is 4.39 Å². The number of hydrogen-bond donors (Lipinski definition) is 1. The molecule has 0 aliphatic rings. The number of thiophene rings is 1. The molecule has 1 aromatic carbocycles. The predicted octanol–water partition coefficient (Wildman–Crippen LogP) is 4.75. The van der Waals surface area contributed by atoms with Gasteiger partial charge in [0.1, 0.15) is 11.9 Å². The summed E-state index contributed by atoms with van der Waals surface area (Å²) in [5, 5.41) is 11.7. The molecule has 7 heteroatoms. The van der Waals surface area contributed by atoms with Gasteiger partial charge in [0.15, 0.2) is 0 Å². The van der Waals surface area contributed by atoms with Crippen LogP contribution in [0.5, 0.6) is 0 Å². The number of rotatable bonds is 2. The SMILES string of the molecule is OC(c1ccc(C(F)(F)F)c(F)c1)c1cc(Br)cs1. The standard InChI is InChI=1S/C12H7BrF4OS/c13-7-4-10(19-5-7)11(18)6-1-2-8(9(14)3-6)12(15,16)17/h1-5,11,18H. The van der Waals surface area contributed by atoms with E-state index >= 15 is 0 Å². The van der Waals surface area contributed by atoms with E-state index in [-0.39, 0.29) is 5.56 Å². The number of halogens is 5. The van der Waals surface area contributed by atoms with E-state index in [9.17, 15) is 22.7 Å². The van der Waals surface area contributed by atoms with E-state index in [0.29, 0.717) is 17.0 Å². The Kier molecular flexibility index (Phi) is 3.98. The van der Waals surface area contributed by atoms with Crippen LogP contribution in [0.25, 0.3) is 0 Å². The molecule has 2 rings (SSSR count). The normalized spacial score (nSPS) is 13.6. The lowest BCUT2D eigenvalue weighted by Gasteiger charge is -2.12. The van der Waals surface area contributed by atoms with Crippen LogP contribution in [0.3, 0.4) is 0 Å². The van der Waals surface area contributed by atoms with Crippen LogP contribution in [-0.2, 0) is 6.18 Å². The monoisotopic (exact) mass is 354 g/mol. The predicted molar refractivity (Wildman–Crippen MR) is 67.5 cm³/mol. The Morgan fingerprint density at radius 1 is 1.21 bits per heavy atom. The molecule has 0 spiro atoms. The lowest BCUT2D eigenvalue weighted by molar-refractivity contribution is -0.140. The molecule has 0 aliphatic carbocycles. The number of alkyl halides is 3. The van der Waals surface area contributed by atoms with Crippen LogP contribution in [-0.4, -0.2) is 5.11 Å². The van der Waals surface area contributed by atoms with Crippen LogP contribution in [0, 0.1) is 5.82 Å². The van der Waals surface area contributed by atoms with Gasteiger partial charge in [-0.1, -0.05) is 6.07 Å². The number of benzene rings is 1. The van der Waals surface area contributed by atoms with Gasteiger partial charge in [0.2, 0.25) is 0 Å². The Hall–Kier alpha value is -0.920. The summed E-state index contributed by atoms with van der Waals surface area (Å²) >= 11 is 4.43. The summed E-state index contributed by atoms with van der Waals surface area (Å²) in [4.78, 5) is 0.519. The van der Waals surface area contributed by atoms with E-state index in [2.05, 4.69) is 15.9 Å². The van der Waals surface area contributed by atoms with Gasteiger partial charge in [0.25, 0.3) is 0 Å². The molecule has 1 aromatic heterocycles. The molecule has 2 aromatic rings. The van der Waals surface area contributed by atoms with Gasteiger partial charge >= 0.3 is 6.18 Å². The van der Waals surface area contributed by atoms with Crippen molar-refractivity contribution < 1.29 is 22.7 Å². The summed E-state index contributed by atoms with van der Waals surface area (Å²) in [6.45, 7) is 0. The lowest BCUT2D eigenvalue weighted by Crippen LogP contribution is -2.09. The zero-order chi connectivity index (χ0) is 14.2. The maximum atomic E-state index is 13.4. The van der Waals surface area contributed by atoms with Crippen LogP contribution < -0.4 is 0 Å². The Morgan fingerprint density at radius 3 is 2.37 bits per heavy atom. The largest absolute Gasteiger partial charge is 0.419 e. The molecule has 0 saturated heterocycles. The highest BCUT2D eigenvalue weighted by molar-refractivity contribution is 9.10. The van der Waals surface area contributed by atoms with Gasteiger partial charge in [0.05, 0.1) is 5.56 Å². The summed E-state index contributed by atoms with van der Waals surface area (Å²) in [6.07, 6.45) is -5.88. The fourth-order valence-corrected chi connectivity index (χ4v) is 3.02. The molecule has 0 amide bonds. The van der Waals surface area contributed by atoms with Crippen LogP contribution in [0.4, 0.5) is 17.6 Å². The van der Waals surface area contributed by atoms with Gasteiger partial charge in [0, 0.05) is 14.7 Å². The summed E-state index contributed by atoms with van der Waals surface area (Å²) in [5.74, 6) is -1.39. The molecule has 1 unspecified atom stereocenters. The smallest absolute Gasteiger partial charge is 0.383 e. The summed E-state index contributed by atoms with van der Waals surface area (Å²) in [6, 6.07) is 4.05. The van der Waals surface area contributed by atoms with Crippen molar-refractivity contribution in [2.75, 3.05) is 0 Å². The van der Waals surface area contributed by atoms with Crippen molar-refractivity contribution >= 4 is 27.3 Å². The Bertz CT molecular complexity index is 594. The quantitative estimate of drug-likeness (QED) is 0.771. The second-order valence-corrected chi connectivity index (χ2v) is 5.67. The molecule has 0 bridgehead atoms. The molecular formula is C12H7BrF4OS. The van der Waals surface area contributed by atoms with Crippen molar-refractivity contribution in [2.45, 2.75) is 12.3 Å². The highest BCUT2D eigenvalue weighted by Crippen LogP contribution is 2.35. The van der Waals surface area contributed by atoms with Crippen molar-refractivity contribution in [1.82, 2.24) is 0 Å².